The van der Waals surface area contributed by atoms with E-state index in [1.807, 2.05) is 0 Å². The van der Waals surface area contributed by atoms with Crippen LogP contribution in [0.2, 0.25) is 0 Å². The standard InChI is InChI=1S/C12H20N2O3/c1-9(2)8-16-6-7-17-11-5-4-10(13)12(14-11)15-3/h4-5,9H,6-8,13H2,1-3H3. The lowest BCUT2D eigenvalue weighted by Gasteiger charge is -2.09. The van der Waals surface area contributed by atoms with Gasteiger partial charge in [0.25, 0.3) is 0 Å². The van der Waals surface area contributed by atoms with Crippen LogP contribution in [-0.2, 0) is 4.74 Å². The summed E-state index contributed by atoms with van der Waals surface area (Å²) in [6.45, 7) is 5.96. The molecule has 5 nitrogen and oxygen atoms in total. The Morgan fingerprint density at radius 1 is 1.29 bits per heavy atom. The third kappa shape index (κ3) is 4.91. The molecule has 0 saturated heterocycles. The van der Waals surface area contributed by atoms with Crippen LogP contribution >= 0.6 is 0 Å². The molecule has 1 aromatic heterocycles. The summed E-state index contributed by atoms with van der Waals surface area (Å²) < 4.78 is 15.8. The summed E-state index contributed by atoms with van der Waals surface area (Å²) in [5.41, 5.74) is 6.14. The lowest BCUT2D eigenvalue weighted by atomic mass is 10.2. The number of hydrogen-bond donors (Lipinski definition) is 1. The van der Waals surface area contributed by atoms with Crippen LogP contribution in [0.25, 0.3) is 0 Å². The maximum atomic E-state index is 5.64. The van der Waals surface area contributed by atoms with Crippen LogP contribution in [0, 0.1) is 5.92 Å². The number of hydrogen-bond acceptors (Lipinski definition) is 5. The Morgan fingerprint density at radius 2 is 2.06 bits per heavy atom. The molecule has 5 heteroatoms. The number of rotatable bonds is 7. The van der Waals surface area contributed by atoms with Crippen molar-refractivity contribution < 1.29 is 14.2 Å². The minimum atomic E-state index is 0.380. The second-order valence-electron chi connectivity index (χ2n) is 4.07. The van der Waals surface area contributed by atoms with E-state index in [0.717, 1.165) is 6.61 Å². The van der Waals surface area contributed by atoms with Gasteiger partial charge in [0, 0.05) is 12.7 Å². The van der Waals surface area contributed by atoms with Crippen molar-refractivity contribution in [1.82, 2.24) is 4.98 Å². The van der Waals surface area contributed by atoms with Gasteiger partial charge >= 0.3 is 0 Å². The number of nitrogen functional groups attached to an aromatic ring is 1. The van der Waals surface area contributed by atoms with Gasteiger partial charge in [-0.15, -0.1) is 0 Å². The number of nitrogens with zero attached hydrogens (tertiary/aromatic N) is 1. The molecule has 0 amide bonds. The predicted molar refractivity (Wildman–Crippen MR) is 66.4 cm³/mol. The van der Waals surface area contributed by atoms with Gasteiger partial charge in [-0.3, -0.25) is 0 Å². The Labute approximate surface area is 102 Å². The first-order chi connectivity index (χ1) is 8.13. The molecule has 1 aromatic rings. The number of anilines is 1. The lowest BCUT2D eigenvalue weighted by Crippen LogP contribution is -2.11. The molecule has 17 heavy (non-hydrogen) atoms. The average Bonchev–Trinajstić information content (AvgIpc) is 2.30. The highest BCUT2D eigenvalue weighted by Crippen LogP contribution is 2.21. The van der Waals surface area contributed by atoms with E-state index in [1.165, 1.54) is 7.11 Å². The van der Waals surface area contributed by atoms with Gasteiger partial charge in [0.2, 0.25) is 11.8 Å². The van der Waals surface area contributed by atoms with E-state index in [1.54, 1.807) is 12.1 Å². The van der Waals surface area contributed by atoms with Crippen molar-refractivity contribution in [2.24, 2.45) is 5.92 Å². The van der Waals surface area contributed by atoms with Gasteiger partial charge in [-0.1, -0.05) is 13.8 Å². The Balaban J connectivity index is 2.32. The minimum absolute atomic E-state index is 0.380. The highest BCUT2D eigenvalue weighted by molar-refractivity contribution is 5.49. The van der Waals surface area contributed by atoms with E-state index in [4.69, 9.17) is 19.9 Å². The van der Waals surface area contributed by atoms with Gasteiger partial charge in [0.05, 0.1) is 19.4 Å². The summed E-state index contributed by atoms with van der Waals surface area (Å²) in [6.07, 6.45) is 0. The van der Waals surface area contributed by atoms with Crippen LogP contribution in [0.3, 0.4) is 0 Å². The molecule has 1 heterocycles. The van der Waals surface area contributed by atoms with Gasteiger partial charge in [0.15, 0.2) is 0 Å². The van der Waals surface area contributed by atoms with Gasteiger partial charge < -0.3 is 19.9 Å². The predicted octanol–water partition coefficient (Wildman–Crippen LogP) is 1.72. The zero-order chi connectivity index (χ0) is 12.7. The molecule has 0 atom stereocenters. The highest BCUT2D eigenvalue weighted by atomic mass is 16.5. The maximum absolute atomic E-state index is 5.64. The molecule has 0 aliphatic carbocycles. The van der Waals surface area contributed by atoms with E-state index in [9.17, 15) is 0 Å². The number of aromatic nitrogens is 1. The summed E-state index contributed by atoms with van der Waals surface area (Å²) >= 11 is 0. The first-order valence-corrected chi connectivity index (χ1v) is 5.64. The van der Waals surface area contributed by atoms with Crippen LogP contribution in [0.5, 0.6) is 11.8 Å². The minimum Gasteiger partial charge on any atom is -0.479 e. The average molecular weight is 240 g/mol. The Kier molecular flexibility index (Phi) is 5.56. The zero-order valence-electron chi connectivity index (χ0n) is 10.6. The number of pyridine rings is 1. The summed E-state index contributed by atoms with van der Waals surface area (Å²) in [4.78, 5) is 4.10. The summed E-state index contributed by atoms with van der Waals surface area (Å²) in [7, 11) is 1.52. The third-order valence-electron chi connectivity index (χ3n) is 1.99. The second kappa shape index (κ2) is 6.96. The van der Waals surface area contributed by atoms with Crippen molar-refractivity contribution in [2.45, 2.75) is 13.8 Å². The molecule has 0 saturated carbocycles. The molecule has 0 aromatic carbocycles. The molecule has 0 spiro atoms. The first-order valence-electron chi connectivity index (χ1n) is 5.64. The first kappa shape index (κ1) is 13.6. The quantitative estimate of drug-likeness (QED) is 0.735. The number of nitrogens with two attached hydrogens (primary N) is 1. The molecule has 0 unspecified atom stereocenters. The Hall–Kier alpha value is -1.49. The summed E-state index contributed by atoms with van der Waals surface area (Å²) in [5.74, 6) is 1.40. The van der Waals surface area contributed by atoms with Crippen molar-refractivity contribution >= 4 is 5.69 Å². The molecule has 96 valence electrons. The van der Waals surface area contributed by atoms with Crippen LogP contribution in [0.1, 0.15) is 13.8 Å². The lowest BCUT2D eigenvalue weighted by molar-refractivity contribution is 0.0804. The van der Waals surface area contributed by atoms with E-state index in [-0.39, 0.29) is 0 Å². The third-order valence-corrected chi connectivity index (χ3v) is 1.99. The fraction of sp³-hybridized carbons (Fsp3) is 0.583. The number of ether oxygens (including phenoxy) is 3. The molecule has 0 aliphatic heterocycles. The smallest absolute Gasteiger partial charge is 0.240 e. The Morgan fingerprint density at radius 3 is 2.71 bits per heavy atom. The van der Waals surface area contributed by atoms with E-state index >= 15 is 0 Å². The van der Waals surface area contributed by atoms with Crippen molar-refractivity contribution in [1.29, 1.82) is 0 Å². The molecule has 0 radical (unpaired) electrons. The van der Waals surface area contributed by atoms with Crippen molar-refractivity contribution in [3.05, 3.63) is 12.1 Å². The van der Waals surface area contributed by atoms with E-state index in [2.05, 4.69) is 18.8 Å². The van der Waals surface area contributed by atoms with Crippen molar-refractivity contribution in [3.63, 3.8) is 0 Å². The van der Waals surface area contributed by atoms with Gasteiger partial charge in [0.1, 0.15) is 6.61 Å². The van der Waals surface area contributed by atoms with Crippen molar-refractivity contribution in [3.8, 4) is 11.8 Å². The van der Waals surface area contributed by atoms with Crippen LogP contribution in [0.15, 0.2) is 12.1 Å². The fourth-order valence-electron chi connectivity index (χ4n) is 1.20. The van der Waals surface area contributed by atoms with Gasteiger partial charge in [-0.25, -0.2) is 0 Å². The topological polar surface area (TPSA) is 66.6 Å². The highest BCUT2D eigenvalue weighted by Gasteiger charge is 2.03. The molecular weight excluding hydrogens is 220 g/mol. The normalized spacial score (nSPS) is 10.6. The van der Waals surface area contributed by atoms with E-state index < -0.39 is 0 Å². The number of methoxy groups -OCH3 is 1. The molecule has 1 rings (SSSR count). The molecule has 2 N–H and O–H groups in total. The maximum Gasteiger partial charge on any atom is 0.240 e. The molecule has 0 bridgehead atoms. The zero-order valence-corrected chi connectivity index (χ0v) is 10.6. The van der Waals surface area contributed by atoms with Crippen LogP contribution in [0.4, 0.5) is 5.69 Å². The van der Waals surface area contributed by atoms with Crippen LogP contribution in [-0.4, -0.2) is 31.9 Å². The largest absolute Gasteiger partial charge is 0.479 e. The molecule has 0 fully saturated rings. The second-order valence-corrected chi connectivity index (χ2v) is 4.07. The fourth-order valence-corrected chi connectivity index (χ4v) is 1.20. The van der Waals surface area contributed by atoms with Gasteiger partial charge in [-0.05, 0) is 12.0 Å². The van der Waals surface area contributed by atoms with Crippen LogP contribution < -0.4 is 15.2 Å². The summed E-state index contributed by atoms with van der Waals surface area (Å²) in [6, 6.07) is 3.41. The monoisotopic (exact) mass is 240 g/mol. The molecule has 0 aliphatic rings. The van der Waals surface area contributed by atoms with Crippen molar-refractivity contribution in [2.75, 3.05) is 32.7 Å². The Bertz CT molecular complexity index is 343. The van der Waals surface area contributed by atoms with E-state index in [0.29, 0.717) is 36.6 Å². The SMILES string of the molecule is COc1nc(OCCOCC(C)C)ccc1N. The summed E-state index contributed by atoms with van der Waals surface area (Å²) in [5, 5.41) is 0. The molecular formula is C12H20N2O3. The van der Waals surface area contributed by atoms with Gasteiger partial charge in [-0.2, -0.15) is 4.98 Å².